The van der Waals surface area contributed by atoms with Crippen LogP contribution in [0.15, 0.2) is 53.1 Å². The quantitative estimate of drug-likeness (QED) is 0.710. The monoisotopic (exact) mass is 376 g/mol. The molecule has 3 aromatic rings. The van der Waals surface area contributed by atoms with E-state index in [1.54, 1.807) is 6.20 Å². The lowest BCUT2D eigenvalue weighted by atomic mass is 10.0. The summed E-state index contributed by atoms with van der Waals surface area (Å²) >= 11 is 0. The zero-order valence-corrected chi connectivity index (χ0v) is 16.2. The maximum absolute atomic E-state index is 12.4. The van der Waals surface area contributed by atoms with E-state index in [0.29, 0.717) is 25.3 Å². The number of carbonyl (C=O) groups excluding carboxylic acids is 1. The lowest BCUT2D eigenvalue weighted by Crippen LogP contribution is -2.32. The summed E-state index contributed by atoms with van der Waals surface area (Å²) < 4.78 is 11.5. The number of aryl methyl sites for hydroxylation is 3. The van der Waals surface area contributed by atoms with Crippen LogP contribution >= 0.6 is 0 Å². The number of aromatic nitrogens is 1. The molecule has 0 saturated carbocycles. The number of amides is 1. The van der Waals surface area contributed by atoms with Crippen LogP contribution in [0.4, 0.5) is 0 Å². The van der Waals surface area contributed by atoms with Gasteiger partial charge in [0.1, 0.15) is 5.75 Å². The standard InChI is InChI=1S/C23H24N2O3/c1-15-7-8-17(13-16(15)2)21-14-24-23(28-21)10-9-22(26)25-19-11-12-27-20-6-4-3-5-18(19)20/h3-8,13-14,19H,9-12H2,1-2H3,(H,25,26)/t19-/m0/s1. The molecule has 4 rings (SSSR count). The highest BCUT2D eigenvalue weighted by atomic mass is 16.5. The summed E-state index contributed by atoms with van der Waals surface area (Å²) in [4.78, 5) is 16.8. The molecule has 1 atom stereocenters. The van der Waals surface area contributed by atoms with Crippen molar-refractivity contribution in [3.05, 3.63) is 71.2 Å². The van der Waals surface area contributed by atoms with Crippen molar-refractivity contribution >= 4 is 5.91 Å². The van der Waals surface area contributed by atoms with Gasteiger partial charge < -0.3 is 14.5 Å². The molecule has 0 unspecified atom stereocenters. The molecule has 1 N–H and O–H groups in total. The third kappa shape index (κ3) is 3.93. The number of fused-ring (bicyclic) bond motifs is 1. The third-order valence-corrected chi connectivity index (χ3v) is 5.20. The van der Waals surface area contributed by atoms with Gasteiger partial charge in [0.2, 0.25) is 5.91 Å². The largest absolute Gasteiger partial charge is 0.493 e. The van der Waals surface area contributed by atoms with Gasteiger partial charge in [-0.05, 0) is 37.1 Å². The molecule has 144 valence electrons. The van der Waals surface area contributed by atoms with Crippen LogP contribution in [-0.2, 0) is 11.2 Å². The summed E-state index contributed by atoms with van der Waals surface area (Å²) in [5.41, 5.74) is 4.50. The van der Waals surface area contributed by atoms with Crippen molar-refractivity contribution in [1.82, 2.24) is 10.3 Å². The molecule has 0 spiro atoms. The predicted octanol–water partition coefficient (Wildman–Crippen LogP) is 4.53. The van der Waals surface area contributed by atoms with Crippen molar-refractivity contribution in [2.45, 2.75) is 39.2 Å². The summed E-state index contributed by atoms with van der Waals surface area (Å²) in [6.07, 6.45) is 3.32. The summed E-state index contributed by atoms with van der Waals surface area (Å²) in [5.74, 6) is 2.16. The normalized spacial score (nSPS) is 15.6. The van der Waals surface area contributed by atoms with Gasteiger partial charge in [0.25, 0.3) is 0 Å². The number of benzene rings is 2. The van der Waals surface area contributed by atoms with Gasteiger partial charge in [0.15, 0.2) is 11.7 Å². The van der Waals surface area contributed by atoms with E-state index in [1.165, 1.54) is 11.1 Å². The Morgan fingerprint density at radius 1 is 1.18 bits per heavy atom. The Morgan fingerprint density at radius 2 is 2.04 bits per heavy atom. The van der Waals surface area contributed by atoms with Gasteiger partial charge in [-0.3, -0.25) is 4.79 Å². The Bertz CT molecular complexity index is 993. The van der Waals surface area contributed by atoms with Gasteiger partial charge in [-0.15, -0.1) is 0 Å². The van der Waals surface area contributed by atoms with Gasteiger partial charge in [-0.1, -0.05) is 30.3 Å². The smallest absolute Gasteiger partial charge is 0.220 e. The number of nitrogens with one attached hydrogen (secondary N) is 1. The SMILES string of the molecule is Cc1ccc(-c2cnc(CCC(=O)N[C@H]3CCOc4ccccc43)o2)cc1C. The van der Waals surface area contributed by atoms with Crippen molar-refractivity contribution in [1.29, 1.82) is 0 Å². The molecule has 0 fully saturated rings. The molecule has 5 nitrogen and oxygen atoms in total. The Hall–Kier alpha value is -3.08. The van der Waals surface area contributed by atoms with Crippen molar-refractivity contribution in [3.8, 4) is 17.1 Å². The van der Waals surface area contributed by atoms with Gasteiger partial charge >= 0.3 is 0 Å². The average Bonchev–Trinajstić information content (AvgIpc) is 3.18. The highest BCUT2D eigenvalue weighted by Crippen LogP contribution is 2.31. The van der Waals surface area contributed by atoms with Crippen LogP contribution < -0.4 is 10.1 Å². The average molecular weight is 376 g/mol. The zero-order chi connectivity index (χ0) is 19.5. The van der Waals surface area contributed by atoms with Crippen LogP contribution in [0.5, 0.6) is 5.75 Å². The number of para-hydroxylation sites is 1. The minimum atomic E-state index is -0.00682. The molecule has 1 aliphatic heterocycles. The highest BCUT2D eigenvalue weighted by Gasteiger charge is 2.22. The number of nitrogens with zero attached hydrogens (tertiary/aromatic N) is 1. The van der Waals surface area contributed by atoms with E-state index in [-0.39, 0.29) is 11.9 Å². The van der Waals surface area contributed by atoms with Crippen LogP contribution in [0.2, 0.25) is 0 Å². The second-order valence-corrected chi connectivity index (χ2v) is 7.21. The molecule has 0 bridgehead atoms. The second-order valence-electron chi connectivity index (χ2n) is 7.21. The van der Waals surface area contributed by atoms with Crippen LogP contribution in [0.25, 0.3) is 11.3 Å². The van der Waals surface area contributed by atoms with E-state index in [1.807, 2.05) is 30.3 Å². The van der Waals surface area contributed by atoms with Gasteiger partial charge in [-0.25, -0.2) is 4.98 Å². The van der Waals surface area contributed by atoms with E-state index in [9.17, 15) is 4.79 Å². The van der Waals surface area contributed by atoms with Crippen molar-refractivity contribution in [2.24, 2.45) is 0 Å². The number of hydrogen-bond donors (Lipinski definition) is 1. The van der Waals surface area contributed by atoms with E-state index >= 15 is 0 Å². The van der Waals surface area contributed by atoms with E-state index in [2.05, 4.69) is 36.3 Å². The predicted molar refractivity (Wildman–Crippen MR) is 107 cm³/mol. The maximum Gasteiger partial charge on any atom is 0.220 e. The molecule has 2 aromatic carbocycles. The topological polar surface area (TPSA) is 64.4 Å². The molecular formula is C23H24N2O3. The van der Waals surface area contributed by atoms with E-state index in [4.69, 9.17) is 9.15 Å². The van der Waals surface area contributed by atoms with E-state index in [0.717, 1.165) is 29.1 Å². The van der Waals surface area contributed by atoms with Crippen molar-refractivity contribution < 1.29 is 13.9 Å². The molecule has 1 aliphatic rings. The molecular weight excluding hydrogens is 352 g/mol. The van der Waals surface area contributed by atoms with Gasteiger partial charge in [0, 0.05) is 30.4 Å². The van der Waals surface area contributed by atoms with E-state index < -0.39 is 0 Å². The Balaban J connectivity index is 1.36. The summed E-state index contributed by atoms with van der Waals surface area (Å²) in [6, 6.07) is 14.0. The van der Waals surface area contributed by atoms with Crippen LogP contribution in [0.3, 0.4) is 0 Å². The third-order valence-electron chi connectivity index (χ3n) is 5.20. The van der Waals surface area contributed by atoms with Crippen molar-refractivity contribution in [3.63, 3.8) is 0 Å². The minimum absolute atomic E-state index is 0.00638. The van der Waals surface area contributed by atoms with Gasteiger partial charge in [-0.2, -0.15) is 0 Å². The summed E-state index contributed by atoms with van der Waals surface area (Å²) in [7, 11) is 0. The molecule has 2 heterocycles. The molecule has 1 aromatic heterocycles. The first-order valence-corrected chi connectivity index (χ1v) is 9.63. The second kappa shape index (κ2) is 7.89. The number of carbonyl (C=O) groups is 1. The fourth-order valence-electron chi connectivity index (χ4n) is 3.43. The molecule has 0 aliphatic carbocycles. The molecule has 0 radical (unpaired) electrons. The molecule has 28 heavy (non-hydrogen) atoms. The summed E-state index contributed by atoms with van der Waals surface area (Å²) in [5, 5.41) is 3.11. The number of oxazole rings is 1. The first-order valence-electron chi connectivity index (χ1n) is 9.63. The number of ether oxygens (including phenoxy) is 1. The highest BCUT2D eigenvalue weighted by molar-refractivity contribution is 5.76. The fraction of sp³-hybridized carbons (Fsp3) is 0.304. The molecule has 1 amide bonds. The van der Waals surface area contributed by atoms with Crippen LogP contribution in [-0.4, -0.2) is 17.5 Å². The Kier molecular flexibility index (Phi) is 5.15. The zero-order valence-electron chi connectivity index (χ0n) is 16.2. The molecule has 5 heteroatoms. The maximum atomic E-state index is 12.4. The first kappa shape index (κ1) is 18.3. The summed E-state index contributed by atoms with van der Waals surface area (Å²) in [6.45, 7) is 4.77. The number of rotatable bonds is 5. The lowest BCUT2D eigenvalue weighted by Gasteiger charge is -2.26. The first-order chi connectivity index (χ1) is 13.6. The van der Waals surface area contributed by atoms with Crippen LogP contribution in [0, 0.1) is 13.8 Å². The van der Waals surface area contributed by atoms with Gasteiger partial charge in [0.05, 0.1) is 18.8 Å². The Labute approximate surface area is 164 Å². The number of hydrogen-bond acceptors (Lipinski definition) is 4. The minimum Gasteiger partial charge on any atom is -0.493 e. The van der Waals surface area contributed by atoms with Crippen molar-refractivity contribution in [2.75, 3.05) is 6.61 Å². The Morgan fingerprint density at radius 3 is 2.89 bits per heavy atom. The lowest BCUT2D eigenvalue weighted by molar-refractivity contribution is -0.122. The molecule has 0 saturated heterocycles. The van der Waals surface area contributed by atoms with Crippen LogP contribution in [0.1, 0.15) is 41.5 Å². The fourth-order valence-corrected chi connectivity index (χ4v) is 3.43.